The quantitative estimate of drug-likeness (QED) is 0.289. The molecule has 3 aromatic rings. The van der Waals surface area contributed by atoms with Crippen molar-refractivity contribution in [2.45, 2.75) is 30.4 Å². The molecule has 1 aliphatic heterocycles. The average Bonchev–Trinajstić information content (AvgIpc) is 2.85. The highest BCUT2D eigenvalue weighted by atomic mass is 32.2. The van der Waals surface area contributed by atoms with Crippen molar-refractivity contribution in [2.24, 2.45) is 0 Å². The molecule has 0 saturated carbocycles. The van der Waals surface area contributed by atoms with Crippen LogP contribution in [0.4, 0.5) is 25.8 Å². The largest absolute Gasteiger partial charge is 0.494 e. The van der Waals surface area contributed by atoms with E-state index in [9.17, 15) is 8.78 Å². The summed E-state index contributed by atoms with van der Waals surface area (Å²) in [5, 5.41) is 1.20. The third-order valence-corrected chi connectivity index (χ3v) is 7.17. The summed E-state index contributed by atoms with van der Waals surface area (Å²) in [6, 6.07) is 15.3. The van der Waals surface area contributed by atoms with Gasteiger partial charge in [0.1, 0.15) is 17.2 Å². The first-order valence-corrected chi connectivity index (χ1v) is 12.8. The molecule has 180 valence electrons. The smallest absolute Gasteiger partial charge is 0.387 e. The molecule has 1 fully saturated rings. The lowest BCUT2D eigenvalue weighted by Crippen LogP contribution is -2.44. The van der Waals surface area contributed by atoms with Gasteiger partial charge in [-0.25, -0.2) is 0 Å². The minimum Gasteiger partial charge on any atom is -0.494 e. The maximum atomic E-state index is 12.6. The maximum Gasteiger partial charge on any atom is 0.387 e. The Morgan fingerprint density at radius 2 is 1.85 bits per heavy atom. The van der Waals surface area contributed by atoms with E-state index in [1.807, 2.05) is 6.07 Å². The molecule has 1 aliphatic rings. The number of hydrogen-bond donors (Lipinski definition) is 0. The number of hydrogen-bond acceptors (Lipinski definition) is 6. The van der Waals surface area contributed by atoms with E-state index in [2.05, 4.69) is 53.2 Å². The number of anilines is 3. The zero-order valence-corrected chi connectivity index (χ0v) is 21.1. The minimum absolute atomic E-state index is 0.133. The van der Waals surface area contributed by atoms with E-state index < -0.39 is 6.61 Å². The van der Waals surface area contributed by atoms with Gasteiger partial charge >= 0.3 is 6.61 Å². The fourth-order valence-electron chi connectivity index (χ4n) is 4.37. The fourth-order valence-corrected chi connectivity index (χ4v) is 5.40. The van der Waals surface area contributed by atoms with Gasteiger partial charge in [-0.15, -0.1) is 21.0 Å². The van der Waals surface area contributed by atoms with Crippen LogP contribution in [0.1, 0.15) is 12.8 Å². The Bertz CT molecular complexity index is 1100. The maximum absolute atomic E-state index is 12.6. The van der Waals surface area contributed by atoms with E-state index in [1.165, 1.54) is 15.9 Å². The van der Waals surface area contributed by atoms with Crippen molar-refractivity contribution < 1.29 is 18.3 Å². The Kier molecular flexibility index (Phi) is 8.11. The van der Waals surface area contributed by atoms with Crippen molar-refractivity contribution in [1.29, 1.82) is 0 Å². The molecule has 0 radical (unpaired) electrons. The highest BCUT2D eigenvalue weighted by Crippen LogP contribution is 2.38. The van der Waals surface area contributed by atoms with Gasteiger partial charge in [0.15, 0.2) is 0 Å². The number of aromatic nitrogens is 1. The van der Waals surface area contributed by atoms with E-state index in [1.54, 1.807) is 55.5 Å². The summed E-state index contributed by atoms with van der Waals surface area (Å²) in [7, 11) is 4.50. The number of piperidine rings is 1. The van der Waals surface area contributed by atoms with Gasteiger partial charge in [-0.2, -0.15) is 8.78 Å². The van der Waals surface area contributed by atoms with E-state index in [-0.39, 0.29) is 11.8 Å². The van der Waals surface area contributed by atoms with Crippen molar-refractivity contribution in [3.05, 3.63) is 60.9 Å². The number of methoxy groups -OCH3 is 1. The topological polar surface area (TPSA) is 37.8 Å². The van der Waals surface area contributed by atoms with Gasteiger partial charge in [0.2, 0.25) is 0 Å². The SMILES string of the molecule is COc1ccncc1N(c1ccc(OC(F)F)cc1)C1CCN(c2ccc(SC)cc2P)CC1. The summed E-state index contributed by atoms with van der Waals surface area (Å²) in [6.45, 7) is -1.05. The third kappa shape index (κ3) is 5.56. The van der Waals surface area contributed by atoms with E-state index in [4.69, 9.17) is 4.74 Å². The van der Waals surface area contributed by atoms with Crippen molar-refractivity contribution in [3.8, 4) is 11.5 Å². The Hall–Kier alpha value is -2.57. The lowest BCUT2D eigenvalue weighted by Gasteiger charge is -2.41. The minimum atomic E-state index is -2.85. The van der Waals surface area contributed by atoms with Gasteiger partial charge in [-0.05, 0) is 66.9 Å². The van der Waals surface area contributed by atoms with Crippen molar-refractivity contribution in [3.63, 3.8) is 0 Å². The second-order valence-electron chi connectivity index (χ2n) is 7.93. The van der Waals surface area contributed by atoms with Gasteiger partial charge in [-0.1, -0.05) is 0 Å². The molecule has 2 heterocycles. The number of ether oxygens (including phenoxy) is 2. The van der Waals surface area contributed by atoms with Crippen molar-refractivity contribution in [1.82, 2.24) is 4.98 Å². The Morgan fingerprint density at radius 1 is 1.12 bits per heavy atom. The highest BCUT2D eigenvalue weighted by Gasteiger charge is 2.29. The number of thioether (sulfide) groups is 1. The lowest BCUT2D eigenvalue weighted by molar-refractivity contribution is -0.0498. The Morgan fingerprint density at radius 3 is 2.47 bits per heavy atom. The predicted molar refractivity (Wildman–Crippen MR) is 139 cm³/mol. The highest BCUT2D eigenvalue weighted by molar-refractivity contribution is 7.98. The number of pyridine rings is 1. The van der Waals surface area contributed by atoms with Crippen molar-refractivity contribution >= 4 is 43.4 Å². The molecule has 1 aromatic heterocycles. The van der Waals surface area contributed by atoms with Crippen LogP contribution in [0.2, 0.25) is 0 Å². The summed E-state index contributed by atoms with van der Waals surface area (Å²) in [5.74, 6) is 0.846. The van der Waals surface area contributed by atoms with Crippen LogP contribution >= 0.6 is 21.0 Å². The summed E-state index contributed by atoms with van der Waals surface area (Å²) in [6.07, 6.45) is 7.40. The molecule has 1 saturated heterocycles. The molecule has 0 spiro atoms. The number of benzene rings is 2. The van der Waals surface area contributed by atoms with Crippen LogP contribution in [0.3, 0.4) is 0 Å². The molecule has 1 atom stereocenters. The molecule has 34 heavy (non-hydrogen) atoms. The van der Waals surface area contributed by atoms with E-state index in [0.717, 1.165) is 37.3 Å². The van der Waals surface area contributed by atoms with Crippen LogP contribution in [-0.4, -0.2) is 44.1 Å². The van der Waals surface area contributed by atoms with Crippen molar-refractivity contribution in [2.75, 3.05) is 36.3 Å². The second-order valence-corrected chi connectivity index (χ2v) is 9.43. The van der Waals surface area contributed by atoms with Crippen LogP contribution in [0.5, 0.6) is 11.5 Å². The second kappa shape index (κ2) is 11.2. The van der Waals surface area contributed by atoms with Crippen LogP contribution in [0.25, 0.3) is 0 Å². The molecule has 0 amide bonds. The van der Waals surface area contributed by atoms with Gasteiger partial charge in [0.25, 0.3) is 0 Å². The van der Waals surface area contributed by atoms with Gasteiger partial charge in [0, 0.05) is 47.7 Å². The number of halogens is 2. The predicted octanol–water partition coefficient (Wildman–Crippen LogP) is 5.72. The lowest BCUT2D eigenvalue weighted by atomic mass is 10.0. The molecular weight excluding hydrogens is 475 g/mol. The first-order valence-electron chi connectivity index (χ1n) is 11.0. The summed E-state index contributed by atoms with van der Waals surface area (Å²) >= 11 is 1.74. The number of nitrogens with zero attached hydrogens (tertiary/aromatic N) is 3. The molecule has 0 N–H and O–H groups in total. The molecule has 5 nitrogen and oxygen atoms in total. The van der Waals surface area contributed by atoms with Crippen LogP contribution in [-0.2, 0) is 0 Å². The molecule has 4 rings (SSSR count). The Balaban J connectivity index is 1.59. The fraction of sp³-hybridized carbons (Fsp3) is 0.320. The molecule has 0 aliphatic carbocycles. The standard InChI is InChI=1S/C25H28F2N3O2PS/c1-31-23-9-12-28-16-22(23)30(17-3-5-19(6-4-17)32-25(26)27)18-10-13-29(14-11-18)21-8-7-20(34-2)15-24(21)33/h3-9,12,15-16,18,25H,10-11,13-14,33H2,1-2H3. The van der Waals surface area contributed by atoms with Crippen LogP contribution in [0, 0.1) is 0 Å². The first-order chi connectivity index (χ1) is 16.5. The van der Waals surface area contributed by atoms with E-state index in [0.29, 0.717) is 5.75 Å². The first kappa shape index (κ1) is 24.6. The Labute approximate surface area is 205 Å². The van der Waals surface area contributed by atoms with Gasteiger partial charge in [-0.3, -0.25) is 4.98 Å². The summed E-state index contributed by atoms with van der Waals surface area (Å²) < 4.78 is 35.4. The molecule has 9 heteroatoms. The number of rotatable bonds is 8. The van der Waals surface area contributed by atoms with E-state index >= 15 is 0 Å². The monoisotopic (exact) mass is 503 g/mol. The third-order valence-electron chi connectivity index (χ3n) is 5.99. The summed E-state index contributed by atoms with van der Waals surface area (Å²) in [5.41, 5.74) is 2.96. The summed E-state index contributed by atoms with van der Waals surface area (Å²) in [4.78, 5) is 10.2. The average molecular weight is 504 g/mol. The van der Waals surface area contributed by atoms with Crippen LogP contribution in [0.15, 0.2) is 65.8 Å². The molecular formula is C25H28F2N3O2PS. The normalized spacial score (nSPS) is 14.4. The molecule has 0 bridgehead atoms. The molecule has 2 aromatic carbocycles. The van der Waals surface area contributed by atoms with Crippen LogP contribution < -0.4 is 24.6 Å². The molecule has 1 unspecified atom stereocenters. The van der Waals surface area contributed by atoms with Gasteiger partial charge in [0.05, 0.1) is 13.3 Å². The zero-order chi connectivity index (χ0) is 24.1. The zero-order valence-electron chi connectivity index (χ0n) is 19.2. The van der Waals surface area contributed by atoms with Gasteiger partial charge < -0.3 is 19.3 Å². The number of alkyl halides is 2.